The first-order valence-corrected chi connectivity index (χ1v) is 10.1. The van der Waals surface area contributed by atoms with E-state index in [0.29, 0.717) is 16.1 Å². The maximum atomic E-state index is 12.4. The number of amides is 1. The SMILES string of the molecule is CC(NC(=S)NC(=O)c1ccc([N+](=O)[O-])cc1)C12CC3CC(CC(C3)C1)C2. The van der Waals surface area contributed by atoms with Crippen molar-refractivity contribution in [1.29, 1.82) is 0 Å². The molecule has 0 aromatic heterocycles. The highest BCUT2D eigenvalue weighted by atomic mass is 32.1. The predicted octanol–water partition coefficient (Wildman–Crippen LogP) is 3.80. The maximum absolute atomic E-state index is 12.4. The molecule has 4 aliphatic carbocycles. The lowest BCUT2D eigenvalue weighted by Crippen LogP contribution is -2.57. The Bertz CT molecular complexity index is 742. The predicted molar refractivity (Wildman–Crippen MR) is 106 cm³/mol. The second kappa shape index (κ2) is 6.86. The Morgan fingerprint density at radius 3 is 2.15 bits per heavy atom. The summed E-state index contributed by atoms with van der Waals surface area (Å²) in [5.41, 5.74) is 0.617. The van der Waals surface area contributed by atoms with Crippen LogP contribution in [0.3, 0.4) is 0 Å². The van der Waals surface area contributed by atoms with Crippen LogP contribution in [-0.2, 0) is 0 Å². The van der Waals surface area contributed by atoms with Crippen LogP contribution in [0.4, 0.5) is 5.69 Å². The van der Waals surface area contributed by atoms with Crippen LogP contribution in [0.1, 0.15) is 55.8 Å². The lowest BCUT2D eigenvalue weighted by Gasteiger charge is -2.59. The van der Waals surface area contributed by atoms with E-state index in [9.17, 15) is 14.9 Å². The molecule has 5 rings (SSSR count). The fraction of sp³-hybridized carbons (Fsp3) is 0.600. The Morgan fingerprint density at radius 1 is 1.15 bits per heavy atom. The highest BCUT2D eigenvalue weighted by Gasteiger charge is 2.53. The Kier molecular flexibility index (Phi) is 4.66. The first-order chi connectivity index (χ1) is 12.8. The van der Waals surface area contributed by atoms with Gasteiger partial charge < -0.3 is 5.32 Å². The van der Waals surface area contributed by atoms with Crippen LogP contribution in [-0.4, -0.2) is 22.0 Å². The van der Waals surface area contributed by atoms with Crippen molar-refractivity contribution in [3.05, 3.63) is 39.9 Å². The normalized spacial score (nSPS) is 32.0. The number of hydrogen-bond donors (Lipinski definition) is 2. The molecule has 1 amide bonds. The number of carbonyl (C=O) groups is 1. The maximum Gasteiger partial charge on any atom is 0.269 e. The monoisotopic (exact) mass is 387 g/mol. The van der Waals surface area contributed by atoms with Gasteiger partial charge in [0.1, 0.15) is 0 Å². The molecular weight excluding hydrogens is 362 g/mol. The van der Waals surface area contributed by atoms with Gasteiger partial charge in [-0.2, -0.15) is 0 Å². The van der Waals surface area contributed by atoms with Gasteiger partial charge in [-0.05, 0) is 93.0 Å². The Morgan fingerprint density at radius 2 is 1.67 bits per heavy atom. The molecule has 4 fully saturated rings. The van der Waals surface area contributed by atoms with Crippen LogP contribution in [0.15, 0.2) is 24.3 Å². The second-order valence-corrected chi connectivity index (χ2v) is 9.14. The van der Waals surface area contributed by atoms with E-state index in [1.165, 1.54) is 62.8 Å². The molecule has 1 atom stereocenters. The van der Waals surface area contributed by atoms with E-state index >= 15 is 0 Å². The van der Waals surface area contributed by atoms with Gasteiger partial charge in [0.25, 0.3) is 11.6 Å². The quantitative estimate of drug-likeness (QED) is 0.466. The van der Waals surface area contributed by atoms with E-state index in [1.54, 1.807) is 0 Å². The lowest BCUT2D eigenvalue weighted by molar-refractivity contribution is -0.384. The number of nitrogens with zero attached hydrogens (tertiary/aromatic N) is 1. The molecule has 1 aromatic carbocycles. The van der Waals surface area contributed by atoms with Crippen LogP contribution in [0.5, 0.6) is 0 Å². The number of benzene rings is 1. The van der Waals surface area contributed by atoms with E-state index < -0.39 is 4.92 Å². The van der Waals surface area contributed by atoms with Crippen molar-refractivity contribution in [3.8, 4) is 0 Å². The Labute approximate surface area is 164 Å². The average molecular weight is 388 g/mol. The number of nitro benzene ring substituents is 1. The zero-order valence-corrected chi connectivity index (χ0v) is 16.3. The number of non-ortho nitro benzene ring substituents is 1. The molecule has 0 aliphatic heterocycles. The second-order valence-electron chi connectivity index (χ2n) is 8.73. The summed E-state index contributed by atoms with van der Waals surface area (Å²) in [7, 11) is 0. The number of nitrogens with one attached hydrogen (secondary N) is 2. The summed E-state index contributed by atoms with van der Waals surface area (Å²) in [5.74, 6) is 2.25. The third kappa shape index (κ3) is 3.57. The molecule has 27 heavy (non-hydrogen) atoms. The van der Waals surface area contributed by atoms with Gasteiger partial charge in [-0.3, -0.25) is 20.2 Å². The van der Waals surface area contributed by atoms with Crippen molar-refractivity contribution < 1.29 is 9.72 Å². The molecule has 4 bridgehead atoms. The van der Waals surface area contributed by atoms with Gasteiger partial charge in [0.15, 0.2) is 5.11 Å². The van der Waals surface area contributed by atoms with Crippen molar-refractivity contribution in [2.75, 3.05) is 0 Å². The van der Waals surface area contributed by atoms with E-state index in [-0.39, 0.29) is 17.6 Å². The van der Waals surface area contributed by atoms with Gasteiger partial charge in [0.2, 0.25) is 0 Å². The molecule has 7 heteroatoms. The van der Waals surface area contributed by atoms with Gasteiger partial charge in [-0.25, -0.2) is 0 Å². The van der Waals surface area contributed by atoms with E-state index in [0.717, 1.165) is 17.8 Å². The highest BCUT2D eigenvalue weighted by molar-refractivity contribution is 7.80. The van der Waals surface area contributed by atoms with Gasteiger partial charge in [0.05, 0.1) is 4.92 Å². The summed E-state index contributed by atoms with van der Waals surface area (Å²) < 4.78 is 0. The molecular formula is C20H25N3O3S. The summed E-state index contributed by atoms with van der Waals surface area (Å²) in [5, 5.41) is 17.1. The smallest absolute Gasteiger partial charge is 0.269 e. The number of thiocarbonyl (C=S) groups is 1. The molecule has 4 saturated carbocycles. The molecule has 6 nitrogen and oxygen atoms in total. The molecule has 0 saturated heterocycles. The van der Waals surface area contributed by atoms with Crippen LogP contribution in [0.25, 0.3) is 0 Å². The number of rotatable bonds is 4. The minimum Gasteiger partial charge on any atom is -0.359 e. The summed E-state index contributed by atoms with van der Waals surface area (Å²) in [4.78, 5) is 22.6. The van der Waals surface area contributed by atoms with E-state index in [1.807, 2.05) is 0 Å². The van der Waals surface area contributed by atoms with Gasteiger partial charge in [0, 0.05) is 23.7 Å². The zero-order valence-electron chi connectivity index (χ0n) is 15.4. The standard InChI is InChI=1S/C20H25N3O3S/c1-12(20-9-13-6-14(10-20)8-15(7-13)11-20)21-19(27)22-18(24)16-2-4-17(5-3-16)23(25)26/h2-5,12-15H,6-11H2,1H3,(H2,21,22,24,27). The van der Waals surface area contributed by atoms with E-state index in [4.69, 9.17) is 12.2 Å². The van der Waals surface area contributed by atoms with E-state index in [2.05, 4.69) is 17.6 Å². The van der Waals surface area contributed by atoms with Gasteiger partial charge in [-0.1, -0.05) is 0 Å². The van der Waals surface area contributed by atoms with Gasteiger partial charge in [-0.15, -0.1) is 0 Å². The lowest BCUT2D eigenvalue weighted by atomic mass is 9.48. The number of hydrogen-bond acceptors (Lipinski definition) is 4. The number of nitro groups is 1. The molecule has 1 unspecified atom stereocenters. The minimum atomic E-state index is -0.485. The summed E-state index contributed by atoms with van der Waals surface area (Å²) in [6.07, 6.45) is 8.00. The third-order valence-electron chi connectivity index (χ3n) is 6.92. The molecule has 144 valence electrons. The Hall–Kier alpha value is -2.02. The highest BCUT2D eigenvalue weighted by Crippen LogP contribution is 2.61. The zero-order chi connectivity index (χ0) is 19.2. The van der Waals surface area contributed by atoms with Crippen LogP contribution in [0.2, 0.25) is 0 Å². The number of carbonyl (C=O) groups excluding carboxylic acids is 1. The first kappa shape index (κ1) is 18.3. The first-order valence-electron chi connectivity index (χ1n) is 9.71. The summed E-state index contributed by atoms with van der Waals surface area (Å²) >= 11 is 5.38. The van der Waals surface area contributed by atoms with Crippen LogP contribution >= 0.6 is 12.2 Å². The van der Waals surface area contributed by atoms with Crippen LogP contribution < -0.4 is 10.6 Å². The molecule has 2 N–H and O–H groups in total. The molecule has 1 aromatic rings. The van der Waals surface area contributed by atoms with Crippen molar-refractivity contribution in [1.82, 2.24) is 10.6 Å². The fourth-order valence-electron chi connectivity index (χ4n) is 6.00. The molecule has 4 aliphatic rings. The van der Waals surface area contributed by atoms with Crippen molar-refractivity contribution in [3.63, 3.8) is 0 Å². The summed E-state index contributed by atoms with van der Waals surface area (Å²) in [6.45, 7) is 2.19. The van der Waals surface area contributed by atoms with Crippen molar-refractivity contribution in [2.45, 2.75) is 51.5 Å². The van der Waals surface area contributed by atoms with Crippen LogP contribution in [0, 0.1) is 33.3 Å². The third-order valence-corrected chi connectivity index (χ3v) is 7.14. The molecule has 0 spiro atoms. The fourth-order valence-corrected chi connectivity index (χ4v) is 6.27. The molecule has 0 heterocycles. The topological polar surface area (TPSA) is 84.3 Å². The molecule has 0 radical (unpaired) electrons. The minimum absolute atomic E-state index is 0.0392. The van der Waals surface area contributed by atoms with Gasteiger partial charge >= 0.3 is 0 Å². The Balaban J connectivity index is 1.36. The van der Waals surface area contributed by atoms with Crippen molar-refractivity contribution in [2.24, 2.45) is 23.2 Å². The van der Waals surface area contributed by atoms with Crippen molar-refractivity contribution >= 4 is 28.9 Å². The largest absolute Gasteiger partial charge is 0.359 e. The summed E-state index contributed by atoms with van der Waals surface area (Å²) in [6, 6.07) is 5.76. The average Bonchev–Trinajstić information content (AvgIpc) is 2.60.